The molecule has 0 bridgehead atoms. The second-order valence-corrected chi connectivity index (χ2v) is 3.61. The molecule has 0 amide bonds. The van der Waals surface area contributed by atoms with Crippen molar-refractivity contribution in [1.82, 2.24) is 4.90 Å². The van der Waals surface area contributed by atoms with Gasteiger partial charge in [-0.05, 0) is 33.0 Å². The van der Waals surface area contributed by atoms with Gasteiger partial charge in [-0.25, -0.2) is 0 Å². The van der Waals surface area contributed by atoms with Crippen LogP contribution in [-0.2, 0) is 4.79 Å². The Morgan fingerprint density at radius 3 is 2.92 bits per heavy atom. The minimum atomic E-state index is 0.293. The maximum absolute atomic E-state index is 11.5. The summed E-state index contributed by atoms with van der Waals surface area (Å²) in [5.74, 6) is 0.700. The van der Waals surface area contributed by atoms with E-state index in [0.29, 0.717) is 24.7 Å². The van der Waals surface area contributed by atoms with Gasteiger partial charge in [0.25, 0.3) is 0 Å². The molecular weight excluding hydrogens is 152 g/mol. The number of ketones is 1. The Bertz CT molecular complexity index is 159. The Morgan fingerprint density at radius 2 is 2.42 bits per heavy atom. The first-order valence-corrected chi connectivity index (χ1v) is 4.65. The summed E-state index contributed by atoms with van der Waals surface area (Å²) in [5.41, 5.74) is 5.34. The Kier molecular flexibility index (Phi) is 3.69. The largest absolute Gasteiger partial charge is 0.330 e. The first kappa shape index (κ1) is 9.68. The quantitative estimate of drug-likeness (QED) is 0.657. The smallest absolute Gasteiger partial charge is 0.137 e. The lowest BCUT2D eigenvalue weighted by atomic mass is 10.00. The van der Waals surface area contributed by atoms with E-state index in [9.17, 15) is 4.79 Å². The molecule has 3 nitrogen and oxygen atoms in total. The second kappa shape index (κ2) is 4.58. The van der Waals surface area contributed by atoms with Gasteiger partial charge in [-0.2, -0.15) is 0 Å². The van der Waals surface area contributed by atoms with Gasteiger partial charge in [0, 0.05) is 18.9 Å². The normalized spacial score (nSPS) is 24.7. The van der Waals surface area contributed by atoms with Gasteiger partial charge in [0.1, 0.15) is 5.78 Å². The number of hydrogen-bond acceptors (Lipinski definition) is 3. The fraction of sp³-hybridized carbons (Fsp3) is 0.889. The highest BCUT2D eigenvalue weighted by Crippen LogP contribution is 2.16. The molecule has 0 radical (unpaired) electrons. The van der Waals surface area contributed by atoms with Crippen LogP contribution in [0.2, 0.25) is 0 Å². The van der Waals surface area contributed by atoms with Crippen LogP contribution < -0.4 is 5.73 Å². The lowest BCUT2D eigenvalue weighted by Gasteiger charge is -2.08. The fourth-order valence-corrected chi connectivity index (χ4v) is 1.68. The third kappa shape index (κ3) is 2.57. The van der Waals surface area contributed by atoms with Crippen LogP contribution in [0.5, 0.6) is 0 Å². The number of nitrogens with zero attached hydrogens (tertiary/aromatic N) is 1. The predicted molar refractivity (Wildman–Crippen MR) is 48.9 cm³/mol. The number of carbonyl (C=O) groups is 1. The summed E-state index contributed by atoms with van der Waals surface area (Å²) in [6, 6.07) is 0. The number of carbonyl (C=O) groups excluding carboxylic acids is 1. The number of rotatable bonds is 4. The average Bonchev–Trinajstić information content (AvgIpc) is 2.47. The molecule has 1 heterocycles. The highest BCUT2D eigenvalue weighted by molar-refractivity contribution is 5.81. The molecule has 1 aliphatic rings. The highest BCUT2D eigenvalue weighted by Gasteiger charge is 2.24. The molecule has 0 aromatic heterocycles. The van der Waals surface area contributed by atoms with Crippen LogP contribution in [0.3, 0.4) is 0 Å². The van der Waals surface area contributed by atoms with Gasteiger partial charge in [0.05, 0.1) is 0 Å². The van der Waals surface area contributed by atoms with Crippen LogP contribution in [0.25, 0.3) is 0 Å². The zero-order chi connectivity index (χ0) is 8.97. The van der Waals surface area contributed by atoms with Crippen LogP contribution in [0, 0.1) is 5.92 Å². The fourth-order valence-electron chi connectivity index (χ4n) is 1.68. The van der Waals surface area contributed by atoms with Gasteiger partial charge in [0.15, 0.2) is 0 Å². The Hall–Kier alpha value is -0.410. The van der Waals surface area contributed by atoms with Crippen LogP contribution in [0.1, 0.15) is 19.3 Å². The van der Waals surface area contributed by atoms with Crippen LogP contribution in [0.4, 0.5) is 0 Å². The molecule has 1 saturated heterocycles. The van der Waals surface area contributed by atoms with E-state index in [2.05, 4.69) is 11.9 Å². The zero-order valence-electron chi connectivity index (χ0n) is 7.75. The van der Waals surface area contributed by atoms with Gasteiger partial charge in [-0.3, -0.25) is 4.79 Å². The monoisotopic (exact) mass is 170 g/mol. The van der Waals surface area contributed by atoms with Crippen molar-refractivity contribution in [3.63, 3.8) is 0 Å². The molecule has 1 aliphatic heterocycles. The molecule has 1 unspecified atom stereocenters. The van der Waals surface area contributed by atoms with Crippen LogP contribution >= 0.6 is 0 Å². The molecule has 0 aromatic carbocycles. The van der Waals surface area contributed by atoms with Gasteiger partial charge >= 0.3 is 0 Å². The molecule has 70 valence electrons. The Morgan fingerprint density at radius 1 is 1.67 bits per heavy atom. The van der Waals surface area contributed by atoms with Gasteiger partial charge in [-0.1, -0.05) is 0 Å². The maximum Gasteiger partial charge on any atom is 0.137 e. The van der Waals surface area contributed by atoms with E-state index in [-0.39, 0.29) is 0 Å². The molecule has 2 N–H and O–H groups in total. The summed E-state index contributed by atoms with van der Waals surface area (Å²) >= 11 is 0. The predicted octanol–water partition coefficient (Wildman–Crippen LogP) is 0.246. The van der Waals surface area contributed by atoms with Crippen molar-refractivity contribution in [3.8, 4) is 0 Å². The van der Waals surface area contributed by atoms with Gasteiger partial charge < -0.3 is 10.6 Å². The van der Waals surface area contributed by atoms with E-state index in [1.807, 2.05) is 0 Å². The lowest BCUT2D eigenvalue weighted by Crippen LogP contribution is -2.20. The van der Waals surface area contributed by atoms with E-state index in [0.717, 1.165) is 25.9 Å². The molecular formula is C9H18N2O. The van der Waals surface area contributed by atoms with Crippen LogP contribution in [-0.4, -0.2) is 37.4 Å². The maximum atomic E-state index is 11.5. The van der Waals surface area contributed by atoms with Crippen molar-refractivity contribution in [1.29, 1.82) is 0 Å². The molecule has 0 aromatic rings. The molecule has 3 heteroatoms. The highest BCUT2D eigenvalue weighted by atomic mass is 16.1. The summed E-state index contributed by atoms with van der Waals surface area (Å²) < 4.78 is 0. The molecule has 1 atom stereocenters. The van der Waals surface area contributed by atoms with Crippen LogP contribution in [0.15, 0.2) is 0 Å². The van der Waals surface area contributed by atoms with Crippen molar-refractivity contribution < 1.29 is 4.79 Å². The summed E-state index contributed by atoms with van der Waals surface area (Å²) in [7, 11) is 2.07. The average molecular weight is 170 g/mol. The third-order valence-corrected chi connectivity index (χ3v) is 2.47. The standard InChI is InChI=1S/C9H18N2O/c1-11-6-4-8(7-11)9(12)3-2-5-10/h8H,2-7,10H2,1H3. The molecule has 1 rings (SSSR count). The van der Waals surface area contributed by atoms with Crippen molar-refractivity contribution >= 4 is 5.78 Å². The molecule has 12 heavy (non-hydrogen) atoms. The van der Waals surface area contributed by atoms with E-state index in [1.165, 1.54) is 0 Å². The minimum absolute atomic E-state index is 0.293. The summed E-state index contributed by atoms with van der Waals surface area (Å²) in [6.07, 6.45) is 2.56. The molecule has 1 fully saturated rings. The summed E-state index contributed by atoms with van der Waals surface area (Å²) in [5, 5.41) is 0. The SMILES string of the molecule is CN1CCC(C(=O)CCCN)C1. The zero-order valence-corrected chi connectivity index (χ0v) is 7.75. The Labute approximate surface area is 73.9 Å². The van der Waals surface area contributed by atoms with Crippen molar-refractivity contribution in [2.24, 2.45) is 11.7 Å². The van der Waals surface area contributed by atoms with Crippen molar-refractivity contribution in [2.75, 3.05) is 26.7 Å². The van der Waals surface area contributed by atoms with Crippen molar-refractivity contribution in [3.05, 3.63) is 0 Å². The second-order valence-electron chi connectivity index (χ2n) is 3.61. The number of Topliss-reactive ketones (excluding diaryl/α,β-unsaturated/α-hetero) is 1. The topological polar surface area (TPSA) is 46.3 Å². The molecule has 0 saturated carbocycles. The number of nitrogens with two attached hydrogens (primary N) is 1. The lowest BCUT2D eigenvalue weighted by molar-refractivity contribution is -0.122. The van der Waals surface area contributed by atoms with Crippen molar-refractivity contribution in [2.45, 2.75) is 19.3 Å². The Balaban J connectivity index is 2.23. The number of likely N-dealkylation sites (tertiary alicyclic amines) is 1. The molecule has 0 spiro atoms. The first-order chi connectivity index (χ1) is 5.74. The first-order valence-electron chi connectivity index (χ1n) is 4.65. The van der Waals surface area contributed by atoms with E-state index >= 15 is 0 Å². The van der Waals surface area contributed by atoms with E-state index in [1.54, 1.807) is 0 Å². The summed E-state index contributed by atoms with van der Waals surface area (Å²) in [6.45, 7) is 2.65. The summed E-state index contributed by atoms with van der Waals surface area (Å²) in [4.78, 5) is 13.7. The van der Waals surface area contributed by atoms with E-state index in [4.69, 9.17) is 5.73 Å². The number of hydrogen-bond donors (Lipinski definition) is 1. The third-order valence-electron chi connectivity index (χ3n) is 2.47. The van der Waals surface area contributed by atoms with Gasteiger partial charge in [0.2, 0.25) is 0 Å². The minimum Gasteiger partial charge on any atom is -0.330 e. The molecule has 0 aliphatic carbocycles. The van der Waals surface area contributed by atoms with Gasteiger partial charge in [-0.15, -0.1) is 0 Å². The van der Waals surface area contributed by atoms with E-state index < -0.39 is 0 Å².